The van der Waals surface area contributed by atoms with Gasteiger partial charge in [-0.1, -0.05) is 28.1 Å². The van der Waals surface area contributed by atoms with Gasteiger partial charge in [0.2, 0.25) is 10.0 Å². The number of halogens is 1. The van der Waals surface area contributed by atoms with Crippen molar-refractivity contribution in [2.45, 2.75) is 50.2 Å². The van der Waals surface area contributed by atoms with Crippen LogP contribution in [0.1, 0.15) is 49.7 Å². The van der Waals surface area contributed by atoms with E-state index in [4.69, 9.17) is 4.74 Å². The maximum atomic E-state index is 13.3. The fourth-order valence-electron chi connectivity index (χ4n) is 4.09. The number of sulfonamides is 1. The summed E-state index contributed by atoms with van der Waals surface area (Å²) in [4.78, 5) is 12.3. The summed E-state index contributed by atoms with van der Waals surface area (Å²) in [6, 6.07) is 6.34. The second-order valence-corrected chi connectivity index (χ2v) is 10.5. The summed E-state index contributed by atoms with van der Waals surface area (Å²) in [6.45, 7) is 5.06. The fourth-order valence-corrected chi connectivity index (χ4v) is 6.57. The van der Waals surface area contributed by atoms with Gasteiger partial charge in [0.05, 0.1) is 0 Å². The van der Waals surface area contributed by atoms with E-state index in [1.807, 2.05) is 0 Å². The van der Waals surface area contributed by atoms with Crippen LogP contribution in [0.25, 0.3) is 0 Å². The van der Waals surface area contributed by atoms with Crippen LogP contribution in [0.5, 0.6) is 0 Å². The number of aryl methyl sites for hydroxylation is 1. The number of hydrogen-bond acceptors (Lipinski definition) is 4. The van der Waals surface area contributed by atoms with Gasteiger partial charge in [0, 0.05) is 30.8 Å². The zero-order chi connectivity index (χ0) is 18.9. The molecule has 2 aliphatic rings. The third kappa shape index (κ3) is 3.51. The highest BCUT2D eigenvalue weighted by Gasteiger charge is 2.52. The van der Waals surface area contributed by atoms with E-state index in [-0.39, 0.29) is 18.6 Å². The maximum absolute atomic E-state index is 13.3. The van der Waals surface area contributed by atoms with E-state index in [0.717, 1.165) is 17.3 Å². The number of nitrogens with zero attached hydrogens (tertiary/aromatic N) is 1. The molecule has 26 heavy (non-hydrogen) atoms. The Balaban J connectivity index is 1.75. The van der Waals surface area contributed by atoms with Gasteiger partial charge in [0.25, 0.3) is 0 Å². The van der Waals surface area contributed by atoms with Gasteiger partial charge < -0.3 is 4.74 Å². The van der Waals surface area contributed by atoms with E-state index in [1.54, 1.807) is 4.31 Å². The quantitative estimate of drug-likeness (QED) is 0.714. The SMILES string of the molecule is CC(=O)C1(S(=O)(=O)N2CCC(c3ccc(Br)c(C)c3)CC2)CCOCC1. The van der Waals surface area contributed by atoms with Crippen molar-refractivity contribution in [3.8, 4) is 0 Å². The van der Waals surface area contributed by atoms with Gasteiger partial charge in [-0.2, -0.15) is 0 Å². The van der Waals surface area contributed by atoms with Crippen molar-refractivity contribution >= 4 is 31.7 Å². The molecule has 0 bridgehead atoms. The van der Waals surface area contributed by atoms with Gasteiger partial charge in [-0.15, -0.1) is 0 Å². The van der Waals surface area contributed by atoms with Crippen molar-refractivity contribution in [1.29, 1.82) is 0 Å². The average molecular weight is 444 g/mol. The number of benzene rings is 1. The third-order valence-electron chi connectivity index (χ3n) is 5.88. The monoisotopic (exact) mass is 443 g/mol. The first-order valence-electron chi connectivity index (χ1n) is 9.12. The molecule has 0 unspecified atom stereocenters. The van der Waals surface area contributed by atoms with Crippen molar-refractivity contribution in [3.05, 3.63) is 33.8 Å². The van der Waals surface area contributed by atoms with Gasteiger partial charge in [-0.25, -0.2) is 12.7 Å². The minimum absolute atomic E-state index is 0.258. The molecule has 7 heteroatoms. The van der Waals surface area contributed by atoms with Gasteiger partial charge in [0.1, 0.15) is 4.75 Å². The van der Waals surface area contributed by atoms with Crippen LogP contribution in [0.15, 0.2) is 22.7 Å². The summed E-state index contributed by atoms with van der Waals surface area (Å²) in [6.07, 6.45) is 2.09. The first-order chi connectivity index (χ1) is 12.3. The predicted molar refractivity (Wildman–Crippen MR) is 105 cm³/mol. The fraction of sp³-hybridized carbons (Fsp3) is 0.632. The summed E-state index contributed by atoms with van der Waals surface area (Å²) in [5.41, 5.74) is 2.45. The number of Topliss-reactive ketones (excluding diaryl/α,β-unsaturated/α-hetero) is 1. The van der Waals surface area contributed by atoms with Crippen LogP contribution in [0, 0.1) is 6.92 Å². The summed E-state index contributed by atoms with van der Waals surface area (Å²) in [5.74, 6) is 0.0997. The Hall–Kier alpha value is -0.760. The molecule has 2 fully saturated rings. The first kappa shape index (κ1) is 20.0. The van der Waals surface area contributed by atoms with Crippen LogP contribution in [-0.4, -0.2) is 49.6 Å². The molecule has 1 aromatic rings. The van der Waals surface area contributed by atoms with Crippen LogP contribution in [0.3, 0.4) is 0 Å². The van der Waals surface area contributed by atoms with Crippen molar-refractivity contribution in [2.24, 2.45) is 0 Å². The highest BCUT2D eigenvalue weighted by Crippen LogP contribution is 2.37. The molecule has 2 aliphatic heterocycles. The molecule has 0 radical (unpaired) electrons. The lowest BCUT2D eigenvalue weighted by Gasteiger charge is -2.40. The molecule has 5 nitrogen and oxygen atoms in total. The van der Waals surface area contributed by atoms with E-state index >= 15 is 0 Å². The number of ketones is 1. The standard InChI is InChI=1S/C19H26BrNO4S/c1-14-13-17(3-4-18(14)20)16-5-9-21(10-6-16)26(23,24)19(15(2)22)7-11-25-12-8-19/h3-4,13,16H,5-12H2,1-2H3. The van der Waals surface area contributed by atoms with Crippen molar-refractivity contribution in [2.75, 3.05) is 26.3 Å². The molecule has 0 saturated carbocycles. The molecular formula is C19H26BrNO4S. The molecule has 0 aliphatic carbocycles. The Morgan fingerprint density at radius 2 is 1.85 bits per heavy atom. The lowest BCUT2D eigenvalue weighted by molar-refractivity contribution is -0.122. The highest BCUT2D eigenvalue weighted by molar-refractivity contribution is 9.10. The number of rotatable bonds is 4. The molecular weight excluding hydrogens is 418 g/mol. The Bertz CT molecular complexity index is 779. The zero-order valence-electron chi connectivity index (χ0n) is 15.3. The summed E-state index contributed by atoms with van der Waals surface area (Å²) < 4.78 is 33.2. The van der Waals surface area contributed by atoms with Crippen LogP contribution < -0.4 is 0 Å². The first-order valence-corrected chi connectivity index (χ1v) is 11.4. The molecule has 0 spiro atoms. The minimum Gasteiger partial charge on any atom is -0.381 e. The molecule has 2 saturated heterocycles. The number of carbonyl (C=O) groups is 1. The van der Waals surface area contributed by atoms with Gasteiger partial charge in [-0.3, -0.25) is 4.79 Å². The Morgan fingerprint density at radius 3 is 2.38 bits per heavy atom. The van der Waals surface area contributed by atoms with Crippen LogP contribution in [0.4, 0.5) is 0 Å². The number of ether oxygens (including phenoxy) is 1. The van der Waals surface area contributed by atoms with E-state index in [2.05, 4.69) is 41.1 Å². The molecule has 0 N–H and O–H groups in total. The molecule has 3 rings (SSSR count). The normalized spacial score (nSPS) is 22.3. The Kier molecular flexibility index (Phi) is 5.92. The largest absolute Gasteiger partial charge is 0.381 e. The Labute approximate surface area is 164 Å². The third-order valence-corrected chi connectivity index (χ3v) is 9.50. The van der Waals surface area contributed by atoms with E-state index < -0.39 is 14.8 Å². The lowest BCUT2D eigenvalue weighted by atomic mass is 9.89. The average Bonchev–Trinajstić information content (AvgIpc) is 2.64. The lowest BCUT2D eigenvalue weighted by Crippen LogP contribution is -2.56. The Morgan fingerprint density at radius 1 is 1.23 bits per heavy atom. The number of carbonyl (C=O) groups excluding carboxylic acids is 1. The van der Waals surface area contributed by atoms with E-state index in [1.165, 1.54) is 18.1 Å². The molecule has 0 atom stereocenters. The minimum atomic E-state index is -3.67. The van der Waals surface area contributed by atoms with Gasteiger partial charge in [0.15, 0.2) is 5.78 Å². The highest BCUT2D eigenvalue weighted by atomic mass is 79.9. The number of hydrogen-bond donors (Lipinski definition) is 0. The summed E-state index contributed by atoms with van der Waals surface area (Å²) in [5, 5.41) is 0. The van der Waals surface area contributed by atoms with Gasteiger partial charge >= 0.3 is 0 Å². The molecule has 1 aromatic carbocycles. The smallest absolute Gasteiger partial charge is 0.227 e. The predicted octanol–water partition coefficient (Wildman–Crippen LogP) is 3.40. The summed E-state index contributed by atoms with van der Waals surface area (Å²) >= 11 is 3.52. The van der Waals surface area contributed by atoms with Crippen LogP contribution in [0.2, 0.25) is 0 Å². The zero-order valence-corrected chi connectivity index (χ0v) is 17.7. The molecule has 144 valence electrons. The van der Waals surface area contributed by atoms with Crippen LogP contribution in [-0.2, 0) is 19.6 Å². The topological polar surface area (TPSA) is 63.7 Å². The molecule has 0 aromatic heterocycles. The van der Waals surface area contributed by atoms with E-state index in [0.29, 0.717) is 32.2 Å². The van der Waals surface area contributed by atoms with E-state index in [9.17, 15) is 13.2 Å². The second kappa shape index (κ2) is 7.70. The number of piperidine rings is 1. The van der Waals surface area contributed by atoms with Crippen molar-refractivity contribution in [3.63, 3.8) is 0 Å². The molecule has 0 amide bonds. The molecule has 2 heterocycles. The van der Waals surface area contributed by atoms with Crippen molar-refractivity contribution < 1.29 is 17.9 Å². The maximum Gasteiger partial charge on any atom is 0.227 e. The van der Waals surface area contributed by atoms with Crippen LogP contribution >= 0.6 is 15.9 Å². The van der Waals surface area contributed by atoms with Crippen molar-refractivity contribution in [1.82, 2.24) is 4.31 Å². The summed E-state index contributed by atoms with van der Waals surface area (Å²) in [7, 11) is -3.67. The second-order valence-electron chi connectivity index (χ2n) is 7.35. The van der Waals surface area contributed by atoms with Gasteiger partial charge in [-0.05, 0) is 62.6 Å².